The number of hydrogen-bond acceptors (Lipinski definition) is 3. The van der Waals surface area contributed by atoms with Crippen molar-refractivity contribution in [1.82, 2.24) is 4.72 Å². The van der Waals surface area contributed by atoms with Crippen LogP contribution in [-0.2, 0) is 10.0 Å². The van der Waals surface area contributed by atoms with Crippen molar-refractivity contribution in [2.45, 2.75) is 31.1 Å². The highest BCUT2D eigenvalue weighted by Crippen LogP contribution is 2.18. The molecule has 0 aliphatic rings. The number of unbranched alkanes of at least 4 members (excludes halogenated alkanes) is 2. The maximum Gasteiger partial charge on any atom is 0.242 e. The van der Waals surface area contributed by atoms with Crippen LogP contribution in [0.15, 0.2) is 23.1 Å². The van der Waals surface area contributed by atoms with Crippen molar-refractivity contribution < 1.29 is 12.8 Å². The van der Waals surface area contributed by atoms with Gasteiger partial charge in [0.05, 0.1) is 5.69 Å². The molecule has 0 aliphatic carbocycles. The first kappa shape index (κ1) is 13.9. The molecule has 0 bridgehead atoms. The Bertz CT molecular complexity index is 474. The summed E-state index contributed by atoms with van der Waals surface area (Å²) in [6, 6.07) is 3.25. The summed E-state index contributed by atoms with van der Waals surface area (Å²) in [6.45, 7) is 2.40. The Labute approximate surface area is 101 Å². The van der Waals surface area contributed by atoms with E-state index in [1.165, 1.54) is 6.07 Å². The molecule has 0 radical (unpaired) electrons. The van der Waals surface area contributed by atoms with Crippen LogP contribution in [-0.4, -0.2) is 15.0 Å². The van der Waals surface area contributed by atoms with Gasteiger partial charge in [-0.15, -0.1) is 0 Å². The molecule has 1 aromatic rings. The molecule has 0 fully saturated rings. The van der Waals surface area contributed by atoms with E-state index in [9.17, 15) is 12.8 Å². The Balaban J connectivity index is 2.76. The number of benzene rings is 1. The van der Waals surface area contributed by atoms with Crippen LogP contribution >= 0.6 is 0 Å². The smallest absolute Gasteiger partial charge is 0.242 e. The van der Waals surface area contributed by atoms with Crippen molar-refractivity contribution in [3.05, 3.63) is 24.0 Å². The predicted octanol–water partition coefficient (Wildman–Crippen LogP) is 1.88. The first-order valence-electron chi connectivity index (χ1n) is 5.52. The summed E-state index contributed by atoms with van der Waals surface area (Å²) in [5.74, 6) is -0.549. The summed E-state index contributed by atoms with van der Waals surface area (Å²) in [5, 5.41) is 0. The highest BCUT2D eigenvalue weighted by atomic mass is 32.2. The van der Waals surface area contributed by atoms with Crippen LogP contribution in [0.3, 0.4) is 0 Å². The average molecular weight is 260 g/mol. The van der Waals surface area contributed by atoms with Crippen LogP contribution in [0.1, 0.15) is 26.2 Å². The number of sulfonamides is 1. The SMILES string of the molecule is CCCCCNS(=O)(=O)c1ccc(F)cc1N. The van der Waals surface area contributed by atoms with Crippen LogP contribution in [0.4, 0.5) is 10.1 Å². The second-order valence-corrected chi connectivity index (χ2v) is 5.52. The summed E-state index contributed by atoms with van der Waals surface area (Å²) >= 11 is 0. The van der Waals surface area contributed by atoms with Crippen molar-refractivity contribution >= 4 is 15.7 Å². The highest BCUT2D eigenvalue weighted by Gasteiger charge is 2.16. The second-order valence-electron chi connectivity index (χ2n) is 3.79. The Kier molecular flexibility index (Phi) is 4.89. The van der Waals surface area contributed by atoms with E-state index >= 15 is 0 Å². The Morgan fingerprint density at radius 1 is 1.35 bits per heavy atom. The van der Waals surface area contributed by atoms with Crippen molar-refractivity contribution in [3.63, 3.8) is 0 Å². The molecule has 0 saturated heterocycles. The van der Waals surface area contributed by atoms with E-state index in [1.807, 2.05) is 6.92 Å². The summed E-state index contributed by atoms with van der Waals surface area (Å²) in [7, 11) is -3.63. The van der Waals surface area contributed by atoms with Crippen LogP contribution in [0, 0.1) is 5.82 Å². The number of nitrogens with two attached hydrogens (primary N) is 1. The Morgan fingerprint density at radius 2 is 2.06 bits per heavy atom. The lowest BCUT2D eigenvalue weighted by atomic mass is 10.3. The lowest BCUT2D eigenvalue weighted by molar-refractivity contribution is 0.575. The molecule has 0 heterocycles. The first-order valence-corrected chi connectivity index (χ1v) is 7.00. The number of halogens is 1. The molecule has 0 spiro atoms. The normalized spacial score (nSPS) is 11.6. The summed E-state index contributed by atoms with van der Waals surface area (Å²) in [6.07, 6.45) is 2.75. The molecular weight excluding hydrogens is 243 g/mol. The standard InChI is InChI=1S/C11H17FN2O2S/c1-2-3-4-7-14-17(15,16)11-6-5-9(12)8-10(11)13/h5-6,8,14H,2-4,7,13H2,1H3. The van der Waals surface area contributed by atoms with Gasteiger partial charge in [0, 0.05) is 6.54 Å². The summed E-state index contributed by atoms with van der Waals surface area (Å²) in [5.41, 5.74) is 5.40. The molecule has 0 aromatic heterocycles. The summed E-state index contributed by atoms with van der Waals surface area (Å²) in [4.78, 5) is -0.0737. The van der Waals surface area contributed by atoms with Gasteiger partial charge < -0.3 is 5.73 Å². The van der Waals surface area contributed by atoms with E-state index < -0.39 is 15.8 Å². The van der Waals surface area contributed by atoms with E-state index in [4.69, 9.17) is 5.73 Å². The third-order valence-electron chi connectivity index (χ3n) is 2.33. The van der Waals surface area contributed by atoms with E-state index in [-0.39, 0.29) is 10.6 Å². The monoisotopic (exact) mass is 260 g/mol. The van der Waals surface area contributed by atoms with Gasteiger partial charge in [-0.1, -0.05) is 19.8 Å². The second kappa shape index (κ2) is 5.97. The van der Waals surface area contributed by atoms with Crippen LogP contribution in [0.5, 0.6) is 0 Å². The number of rotatable bonds is 6. The van der Waals surface area contributed by atoms with Crippen molar-refractivity contribution in [1.29, 1.82) is 0 Å². The van der Waals surface area contributed by atoms with Crippen LogP contribution in [0.2, 0.25) is 0 Å². The summed E-state index contributed by atoms with van der Waals surface area (Å²) < 4.78 is 38.9. The zero-order chi connectivity index (χ0) is 12.9. The third-order valence-corrected chi connectivity index (χ3v) is 3.87. The average Bonchev–Trinajstić information content (AvgIpc) is 2.24. The Morgan fingerprint density at radius 3 is 2.65 bits per heavy atom. The molecule has 4 nitrogen and oxygen atoms in total. The minimum absolute atomic E-state index is 0.0737. The molecule has 0 atom stereocenters. The lowest BCUT2D eigenvalue weighted by Crippen LogP contribution is -2.25. The molecule has 17 heavy (non-hydrogen) atoms. The maximum absolute atomic E-state index is 12.8. The number of nitrogens with one attached hydrogen (secondary N) is 1. The molecule has 3 N–H and O–H groups in total. The van der Waals surface area contributed by atoms with Gasteiger partial charge in [-0.2, -0.15) is 0 Å². The zero-order valence-corrected chi connectivity index (χ0v) is 10.6. The first-order chi connectivity index (χ1) is 7.97. The van der Waals surface area contributed by atoms with Gasteiger partial charge in [0.25, 0.3) is 0 Å². The number of nitrogen functional groups attached to an aromatic ring is 1. The van der Waals surface area contributed by atoms with E-state index in [0.29, 0.717) is 6.54 Å². The fourth-order valence-corrected chi connectivity index (χ4v) is 2.61. The maximum atomic E-state index is 12.8. The quantitative estimate of drug-likeness (QED) is 0.606. The number of anilines is 1. The van der Waals surface area contributed by atoms with Crippen molar-refractivity contribution in [3.8, 4) is 0 Å². The fourth-order valence-electron chi connectivity index (χ4n) is 1.42. The molecular formula is C11H17FN2O2S. The van der Waals surface area contributed by atoms with Gasteiger partial charge in [0.1, 0.15) is 10.7 Å². The van der Waals surface area contributed by atoms with E-state index in [2.05, 4.69) is 4.72 Å². The third kappa shape index (κ3) is 3.98. The number of hydrogen-bond donors (Lipinski definition) is 2. The van der Waals surface area contributed by atoms with Crippen molar-refractivity contribution in [2.75, 3.05) is 12.3 Å². The zero-order valence-electron chi connectivity index (χ0n) is 9.74. The van der Waals surface area contributed by atoms with Gasteiger partial charge >= 0.3 is 0 Å². The fraction of sp³-hybridized carbons (Fsp3) is 0.455. The van der Waals surface area contributed by atoms with Crippen LogP contribution in [0.25, 0.3) is 0 Å². The van der Waals surface area contributed by atoms with Crippen molar-refractivity contribution in [2.24, 2.45) is 0 Å². The molecule has 96 valence electrons. The molecule has 0 saturated carbocycles. The van der Waals surface area contributed by atoms with Gasteiger partial charge in [0.2, 0.25) is 10.0 Å². The largest absolute Gasteiger partial charge is 0.398 e. The minimum Gasteiger partial charge on any atom is -0.398 e. The minimum atomic E-state index is -3.63. The molecule has 0 aliphatic heterocycles. The topological polar surface area (TPSA) is 72.2 Å². The van der Waals surface area contributed by atoms with Gasteiger partial charge in [0.15, 0.2) is 0 Å². The lowest BCUT2D eigenvalue weighted by Gasteiger charge is -2.08. The molecule has 1 rings (SSSR count). The highest BCUT2D eigenvalue weighted by molar-refractivity contribution is 7.89. The molecule has 1 aromatic carbocycles. The van der Waals surface area contributed by atoms with Gasteiger partial charge in [-0.05, 0) is 24.6 Å². The Hall–Kier alpha value is -1.14. The van der Waals surface area contributed by atoms with Gasteiger partial charge in [-0.25, -0.2) is 17.5 Å². The molecule has 0 unspecified atom stereocenters. The molecule has 6 heteroatoms. The van der Waals surface area contributed by atoms with E-state index in [1.54, 1.807) is 0 Å². The van der Waals surface area contributed by atoms with Crippen LogP contribution < -0.4 is 10.5 Å². The van der Waals surface area contributed by atoms with E-state index in [0.717, 1.165) is 31.4 Å². The van der Waals surface area contributed by atoms with Gasteiger partial charge in [-0.3, -0.25) is 0 Å². The molecule has 0 amide bonds. The predicted molar refractivity (Wildman–Crippen MR) is 65.5 cm³/mol.